The lowest BCUT2D eigenvalue weighted by Gasteiger charge is -2.27. The zero-order valence-corrected chi connectivity index (χ0v) is 23.0. The number of nitriles is 1. The van der Waals surface area contributed by atoms with Gasteiger partial charge in [0.2, 0.25) is 0 Å². The Labute approximate surface area is 226 Å². The first-order chi connectivity index (χ1) is 17.5. The summed E-state index contributed by atoms with van der Waals surface area (Å²) in [6, 6.07) is 19.8. The first-order valence-electron chi connectivity index (χ1n) is 11.5. The Morgan fingerprint density at radius 3 is 2.38 bits per heavy atom. The number of hydrogen-bond donors (Lipinski definition) is 0. The molecule has 1 aromatic heterocycles. The van der Waals surface area contributed by atoms with Gasteiger partial charge in [0.25, 0.3) is 0 Å². The van der Waals surface area contributed by atoms with Crippen LogP contribution >= 0.6 is 23.2 Å². The second kappa shape index (κ2) is 10.7. The number of fused-ring (bicyclic) bond motifs is 1. The van der Waals surface area contributed by atoms with Gasteiger partial charge in [-0.05, 0) is 46.5 Å². The van der Waals surface area contributed by atoms with E-state index in [4.69, 9.17) is 27.9 Å². The van der Waals surface area contributed by atoms with E-state index >= 15 is 0 Å². The van der Waals surface area contributed by atoms with Crippen molar-refractivity contribution < 1.29 is 13.2 Å². The molecule has 190 valence electrons. The minimum atomic E-state index is -3.21. The summed E-state index contributed by atoms with van der Waals surface area (Å²) in [6.45, 7) is 4.42. The topological polar surface area (TPSA) is 92.9 Å². The van der Waals surface area contributed by atoms with Crippen molar-refractivity contribution in [3.05, 3.63) is 88.3 Å². The second-order valence-electron chi connectivity index (χ2n) is 9.32. The Kier molecular flexibility index (Phi) is 7.75. The number of nitrogens with zero attached hydrogens (tertiary/aromatic N) is 3. The molecule has 9 heteroatoms. The molecule has 4 aromatic rings. The van der Waals surface area contributed by atoms with Crippen LogP contribution in [0.4, 0.5) is 0 Å². The number of halogens is 2. The third kappa shape index (κ3) is 6.04. The standard InChI is InChI=1S/C28H25Cl2N3O3S/c1-28(2,23-13-20(15-31)27(24(30)14-23)36-11-10-29)22-7-4-18(5-8-22)19-6-9-25-21(12-19)16-32-26(33-25)17-37(3,34)35/h4-9,12-14,16H,10-11,17H2,1-3H3. The molecule has 4 rings (SSSR count). The van der Waals surface area contributed by atoms with Crippen molar-refractivity contribution in [3.63, 3.8) is 0 Å². The number of aromatic nitrogens is 2. The van der Waals surface area contributed by atoms with E-state index in [0.29, 0.717) is 27.7 Å². The van der Waals surface area contributed by atoms with Gasteiger partial charge >= 0.3 is 0 Å². The van der Waals surface area contributed by atoms with Gasteiger partial charge in [0.15, 0.2) is 15.6 Å². The number of ether oxygens (including phenoxy) is 1. The van der Waals surface area contributed by atoms with Crippen molar-refractivity contribution in [3.8, 4) is 22.9 Å². The van der Waals surface area contributed by atoms with Gasteiger partial charge in [-0.15, -0.1) is 11.6 Å². The summed E-state index contributed by atoms with van der Waals surface area (Å²) in [5.41, 5.74) is 4.60. The Hall–Kier alpha value is -3.18. The van der Waals surface area contributed by atoms with Gasteiger partial charge in [-0.2, -0.15) is 5.26 Å². The van der Waals surface area contributed by atoms with Crippen LogP contribution in [0.15, 0.2) is 60.8 Å². The lowest BCUT2D eigenvalue weighted by molar-refractivity contribution is 0.341. The highest BCUT2D eigenvalue weighted by atomic mass is 35.5. The van der Waals surface area contributed by atoms with Crippen LogP contribution in [0.2, 0.25) is 5.02 Å². The van der Waals surface area contributed by atoms with Crippen LogP contribution in [-0.2, 0) is 21.0 Å². The van der Waals surface area contributed by atoms with Crippen LogP contribution < -0.4 is 4.74 Å². The van der Waals surface area contributed by atoms with Crippen LogP contribution in [0.5, 0.6) is 5.75 Å². The second-order valence-corrected chi connectivity index (χ2v) is 12.2. The van der Waals surface area contributed by atoms with E-state index in [9.17, 15) is 13.7 Å². The zero-order chi connectivity index (χ0) is 26.8. The van der Waals surface area contributed by atoms with Crippen LogP contribution in [0.25, 0.3) is 22.0 Å². The van der Waals surface area contributed by atoms with Crippen molar-refractivity contribution in [1.82, 2.24) is 9.97 Å². The van der Waals surface area contributed by atoms with E-state index in [1.807, 2.05) is 42.5 Å². The third-order valence-corrected chi connectivity index (χ3v) is 7.39. The Bertz CT molecular complexity index is 1610. The number of rotatable bonds is 8. The van der Waals surface area contributed by atoms with Gasteiger partial charge < -0.3 is 4.74 Å². The highest BCUT2D eigenvalue weighted by Crippen LogP contribution is 2.39. The highest BCUT2D eigenvalue weighted by molar-refractivity contribution is 7.89. The van der Waals surface area contributed by atoms with E-state index in [2.05, 4.69) is 42.0 Å². The molecule has 0 fully saturated rings. The molecular weight excluding hydrogens is 529 g/mol. The van der Waals surface area contributed by atoms with Gasteiger partial charge in [0.05, 0.1) is 22.0 Å². The predicted molar refractivity (Wildman–Crippen MR) is 148 cm³/mol. The summed E-state index contributed by atoms with van der Waals surface area (Å²) in [4.78, 5) is 8.59. The molecule has 0 aliphatic carbocycles. The fourth-order valence-electron chi connectivity index (χ4n) is 4.13. The molecule has 0 aliphatic heterocycles. The molecular formula is C28H25Cl2N3O3S. The molecule has 0 bridgehead atoms. The first kappa shape index (κ1) is 26.9. The molecule has 0 N–H and O–H groups in total. The van der Waals surface area contributed by atoms with Crippen LogP contribution in [0.3, 0.4) is 0 Å². The Morgan fingerprint density at radius 2 is 1.73 bits per heavy atom. The van der Waals surface area contributed by atoms with Gasteiger partial charge in [0.1, 0.15) is 24.3 Å². The first-order valence-corrected chi connectivity index (χ1v) is 14.5. The van der Waals surface area contributed by atoms with Gasteiger partial charge in [0, 0.05) is 23.3 Å². The normalized spacial score (nSPS) is 11.9. The average Bonchev–Trinajstić information content (AvgIpc) is 2.86. The van der Waals surface area contributed by atoms with Gasteiger partial charge in [-0.1, -0.05) is 55.8 Å². The van der Waals surface area contributed by atoms with Crippen molar-refractivity contribution in [2.75, 3.05) is 18.7 Å². The SMILES string of the molecule is CC(C)(c1ccc(-c2ccc3nc(CS(C)(=O)=O)ncc3c2)cc1)c1cc(Cl)c(OCCCl)c(C#N)c1. The van der Waals surface area contributed by atoms with Crippen molar-refractivity contribution in [2.45, 2.75) is 25.0 Å². The Balaban J connectivity index is 1.62. The minimum Gasteiger partial charge on any atom is -0.489 e. The number of benzene rings is 3. The number of sulfone groups is 1. The molecule has 0 spiro atoms. The fraction of sp³-hybridized carbons (Fsp3) is 0.250. The lowest BCUT2D eigenvalue weighted by atomic mass is 9.77. The maximum atomic E-state index is 11.6. The molecule has 0 saturated heterocycles. The average molecular weight is 554 g/mol. The zero-order valence-electron chi connectivity index (χ0n) is 20.6. The largest absolute Gasteiger partial charge is 0.489 e. The molecule has 0 unspecified atom stereocenters. The predicted octanol–water partition coefficient (Wildman–Crippen LogP) is 6.31. The lowest BCUT2D eigenvalue weighted by Crippen LogP contribution is -2.19. The van der Waals surface area contributed by atoms with Gasteiger partial charge in [-0.3, -0.25) is 0 Å². The van der Waals surface area contributed by atoms with E-state index in [0.717, 1.165) is 33.9 Å². The number of hydrogen-bond acceptors (Lipinski definition) is 6. The molecule has 0 saturated carbocycles. The maximum Gasteiger partial charge on any atom is 0.155 e. The molecule has 37 heavy (non-hydrogen) atoms. The highest BCUT2D eigenvalue weighted by Gasteiger charge is 2.26. The quantitative estimate of drug-likeness (QED) is 0.237. The molecule has 0 amide bonds. The van der Waals surface area contributed by atoms with E-state index < -0.39 is 15.3 Å². The summed E-state index contributed by atoms with van der Waals surface area (Å²) in [6.07, 6.45) is 2.82. The molecule has 0 aliphatic rings. The van der Waals surface area contributed by atoms with Crippen LogP contribution in [-0.4, -0.2) is 37.1 Å². The van der Waals surface area contributed by atoms with E-state index in [1.165, 1.54) is 0 Å². The molecule has 0 radical (unpaired) electrons. The summed E-state index contributed by atoms with van der Waals surface area (Å²) in [5.74, 6) is 0.748. The van der Waals surface area contributed by atoms with E-state index in [1.54, 1.807) is 6.20 Å². The molecule has 0 atom stereocenters. The minimum absolute atomic E-state index is 0.188. The maximum absolute atomic E-state index is 11.6. The Morgan fingerprint density at radius 1 is 1.03 bits per heavy atom. The molecule has 1 heterocycles. The third-order valence-electron chi connectivity index (χ3n) is 6.17. The van der Waals surface area contributed by atoms with Crippen molar-refractivity contribution >= 4 is 43.9 Å². The summed E-state index contributed by atoms with van der Waals surface area (Å²) < 4.78 is 28.7. The molecule has 6 nitrogen and oxygen atoms in total. The number of alkyl halides is 1. The summed E-state index contributed by atoms with van der Waals surface area (Å²) >= 11 is 12.2. The van der Waals surface area contributed by atoms with Crippen LogP contribution in [0.1, 0.15) is 36.4 Å². The smallest absolute Gasteiger partial charge is 0.155 e. The monoisotopic (exact) mass is 553 g/mol. The fourth-order valence-corrected chi connectivity index (χ4v) is 5.09. The van der Waals surface area contributed by atoms with Gasteiger partial charge in [-0.25, -0.2) is 18.4 Å². The van der Waals surface area contributed by atoms with E-state index in [-0.39, 0.29) is 18.2 Å². The summed E-state index contributed by atoms with van der Waals surface area (Å²) in [5, 5.41) is 10.9. The van der Waals surface area contributed by atoms with Crippen molar-refractivity contribution in [1.29, 1.82) is 5.26 Å². The summed E-state index contributed by atoms with van der Waals surface area (Å²) in [7, 11) is -3.21. The molecule has 3 aromatic carbocycles. The van der Waals surface area contributed by atoms with Crippen molar-refractivity contribution in [2.24, 2.45) is 0 Å². The van der Waals surface area contributed by atoms with Crippen LogP contribution in [0, 0.1) is 11.3 Å².